The van der Waals surface area contributed by atoms with Crippen molar-refractivity contribution in [3.63, 3.8) is 0 Å². The van der Waals surface area contributed by atoms with Gasteiger partial charge in [-0.15, -0.1) is 11.8 Å². The first-order valence-corrected chi connectivity index (χ1v) is 11.1. The zero-order chi connectivity index (χ0) is 21.4. The number of pyridine rings is 1. The number of anilines is 2. The number of carbonyl (C=O) groups is 1. The van der Waals surface area contributed by atoms with Gasteiger partial charge in [0.05, 0.1) is 17.0 Å². The normalized spacial score (nSPS) is 13.4. The standard InChI is InChI=1S/C24H21N5OS/c1-3-29-20-9-7-16(12-21(20)31-14-22(29)30)15-6-8-19-18(11-15)24(25-2)28-23(27-19)17-5-4-10-26-13-17/h4-13H,3,14H2,1-2H3,(H,25,27,28). The molecule has 0 fully saturated rings. The molecule has 5 rings (SSSR count). The third-order valence-corrected chi connectivity index (χ3v) is 6.43. The number of rotatable bonds is 4. The van der Waals surface area contributed by atoms with Gasteiger partial charge in [-0.1, -0.05) is 12.1 Å². The second kappa shape index (κ2) is 8.00. The fraction of sp³-hybridized carbons (Fsp3) is 0.167. The van der Waals surface area contributed by atoms with Crippen LogP contribution < -0.4 is 10.2 Å². The van der Waals surface area contributed by atoms with Crippen LogP contribution in [-0.2, 0) is 4.79 Å². The van der Waals surface area contributed by atoms with Crippen molar-refractivity contribution in [3.8, 4) is 22.5 Å². The van der Waals surface area contributed by atoms with Crippen LogP contribution in [0.25, 0.3) is 33.4 Å². The van der Waals surface area contributed by atoms with Crippen LogP contribution in [0.1, 0.15) is 6.92 Å². The van der Waals surface area contributed by atoms with Gasteiger partial charge in [-0.05, 0) is 54.4 Å². The van der Waals surface area contributed by atoms with Gasteiger partial charge in [-0.2, -0.15) is 0 Å². The molecule has 0 saturated heterocycles. The quantitative estimate of drug-likeness (QED) is 0.502. The summed E-state index contributed by atoms with van der Waals surface area (Å²) in [4.78, 5) is 28.8. The van der Waals surface area contributed by atoms with Crippen LogP contribution >= 0.6 is 11.8 Å². The summed E-state index contributed by atoms with van der Waals surface area (Å²) >= 11 is 1.60. The molecule has 0 atom stereocenters. The second-order valence-corrected chi connectivity index (χ2v) is 8.25. The molecule has 1 N–H and O–H groups in total. The third kappa shape index (κ3) is 3.51. The molecule has 0 saturated carbocycles. The lowest BCUT2D eigenvalue weighted by Gasteiger charge is -2.28. The minimum atomic E-state index is 0.165. The Morgan fingerprint density at radius 3 is 2.68 bits per heavy atom. The molecule has 4 aromatic rings. The lowest BCUT2D eigenvalue weighted by Crippen LogP contribution is -2.34. The van der Waals surface area contributed by atoms with E-state index in [1.807, 2.05) is 43.1 Å². The van der Waals surface area contributed by atoms with Gasteiger partial charge in [-0.3, -0.25) is 9.78 Å². The van der Waals surface area contributed by atoms with E-state index in [-0.39, 0.29) is 5.91 Å². The number of fused-ring (bicyclic) bond motifs is 2. The maximum atomic E-state index is 12.2. The highest BCUT2D eigenvalue weighted by atomic mass is 32.2. The highest BCUT2D eigenvalue weighted by molar-refractivity contribution is 8.00. The average molecular weight is 428 g/mol. The van der Waals surface area contributed by atoms with E-state index in [1.165, 1.54) is 0 Å². The predicted octanol–water partition coefficient (Wildman–Crippen LogP) is 4.86. The van der Waals surface area contributed by atoms with Gasteiger partial charge in [-0.25, -0.2) is 9.97 Å². The molecule has 3 heterocycles. The molecule has 0 unspecified atom stereocenters. The maximum Gasteiger partial charge on any atom is 0.237 e. The molecule has 31 heavy (non-hydrogen) atoms. The summed E-state index contributed by atoms with van der Waals surface area (Å²) in [5.74, 6) is 2.07. The minimum absolute atomic E-state index is 0.165. The van der Waals surface area contributed by atoms with Crippen LogP contribution in [0.3, 0.4) is 0 Å². The predicted molar refractivity (Wildman–Crippen MR) is 127 cm³/mol. The fourth-order valence-electron chi connectivity index (χ4n) is 3.85. The molecule has 1 aliphatic rings. The van der Waals surface area contributed by atoms with E-state index in [4.69, 9.17) is 9.97 Å². The number of benzene rings is 2. The van der Waals surface area contributed by atoms with E-state index in [0.29, 0.717) is 18.1 Å². The summed E-state index contributed by atoms with van der Waals surface area (Å²) in [6, 6.07) is 16.4. The Hall–Kier alpha value is -3.45. The van der Waals surface area contributed by atoms with E-state index in [1.54, 1.807) is 24.2 Å². The van der Waals surface area contributed by atoms with Crippen LogP contribution in [0.15, 0.2) is 65.8 Å². The Kier molecular flexibility index (Phi) is 5.03. The summed E-state index contributed by atoms with van der Waals surface area (Å²) in [6.45, 7) is 2.69. The summed E-state index contributed by atoms with van der Waals surface area (Å²) in [6.07, 6.45) is 3.51. The van der Waals surface area contributed by atoms with Crippen molar-refractivity contribution in [2.45, 2.75) is 11.8 Å². The number of nitrogens with one attached hydrogen (secondary N) is 1. The van der Waals surface area contributed by atoms with Gasteiger partial charge in [0.1, 0.15) is 5.82 Å². The maximum absolute atomic E-state index is 12.2. The molecule has 0 radical (unpaired) electrons. The van der Waals surface area contributed by atoms with Gasteiger partial charge in [0, 0.05) is 41.8 Å². The van der Waals surface area contributed by atoms with Gasteiger partial charge in [0.2, 0.25) is 5.91 Å². The van der Waals surface area contributed by atoms with E-state index in [9.17, 15) is 4.79 Å². The van der Waals surface area contributed by atoms with E-state index in [2.05, 4.69) is 34.6 Å². The third-order valence-electron chi connectivity index (χ3n) is 5.40. The molecular formula is C24H21N5OS. The first kappa shape index (κ1) is 19.5. The SMILES string of the molecule is CCN1C(=O)CSc2cc(-c3ccc4nc(-c5cccnc5)nc(NC)c4c3)ccc21. The van der Waals surface area contributed by atoms with Crippen LogP contribution in [0.2, 0.25) is 0 Å². The number of amides is 1. The fourth-order valence-corrected chi connectivity index (χ4v) is 4.82. The molecule has 2 aromatic carbocycles. The Balaban J connectivity index is 1.58. The Bertz CT molecular complexity index is 1290. The number of hydrogen-bond acceptors (Lipinski definition) is 6. The number of carbonyl (C=O) groups excluding carboxylic acids is 1. The van der Waals surface area contributed by atoms with Crippen molar-refractivity contribution >= 4 is 40.1 Å². The van der Waals surface area contributed by atoms with Crippen LogP contribution in [0.5, 0.6) is 0 Å². The highest BCUT2D eigenvalue weighted by Gasteiger charge is 2.23. The molecule has 0 spiro atoms. The summed E-state index contributed by atoms with van der Waals surface area (Å²) < 4.78 is 0. The van der Waals surface area contributed by atoms with Crippen molar-refractivity contribution in [3.05, 3.63) is 60.9 Å². The van der Waals surface area contributed by atoms with Crippen molar-refractivity contribution in [1.29, 1.82) is 0 Å². The van der Waals surface area contributed by atoms with Gasteiger partial charge >= 0.3 is 0 Å². The second-order valence-electron chi connectivity index (χ2n) is 7.23. The van der Waals surface area contributed by atoms with Crippen LogP contribution in [0, 0.1) is 0 Å². The number of hydrogen-bond donors (Lipinski definition) is 1. The lowest BCUT2D eigenvalue weighted by molar-refractivity contribution is -0.116. The van der Waals surface area contributed by atoms with Crippen LogP contribution in [-0.4, -0.2) is 40.2 Å². The molecule has 7 heteroatoms. The smallest absolute Gasteiger partial charge is 0.237 e. The molecule has 0 bridgehead atoms. The molecular weight excluding hydrogens is 406 g/mol. The summed E-state index contributed by atoms with van der Waals surface area (Å²) in [5.41, 5.74) is 4.94. The van der Waals surface area contributed by atoms with E-state index < -0.39 is 0 Å². The van der Waals surface area contributed by atoms with Crippen molar-refractivity contribution < 1.29 is 4.79 Å². The van der Waals surface area contributed by atoms with Crippen molar-refractivity contribution in [1.82, 2.24) is 15.0 Å². The molecule has 1 amide bonds. The Labute approximate surface area is 184 Å². The molecule has 2 aromatic heterocycles. The number of aromatic nitrogens is 3. The van der Waals surface area contributed by atoms with E-state index in [0.717, 1.165) is 44.0 Å². The van der Waals surface area contributed by atoms with Crippen molar-refractivity contribution in [2.75, 3.05) is 29.6 Å². The number of nitrogens with zero attached hydrogens (tertiary/aromatic N) is 4. The van der Waals surface area contributed by atoms with Gasteiger partial charge < -0.3 is 10.2 Å². The van der Waals surface area contributed by atoms with E-state index >= 15 is 0 Å². The largest absolute Gasteiger partial charge is 0.373 e. The zero-order valence-corrected chi connectivity index (χ0v) is 18.1. The minimum Gasteiger partial charge on any atom is -0.373 e. The molecule has 1 aliphatic heterocycles. The highest BCUT2D eigenvalue weighted by Crippen LogP contribution is 2.39. The first-order valence-electron chi connectivity index (χ1n) is 10.2. The number of thioether (sulfide) groups is 1. The Morgan fingerprint density at radius 2 is 1.90 bits per heavy atom. The lowest BCUT2D eigenvalue weighted by atomic mass is 10.0. The average Bonchev–Trinajstić information content (AvgIpc) is 2.83. The first-order chi connectivity index (χ1) is 15.2. The summed E-state index contributed by atoms with van der Waals surface area (Å²) in [5, 5.41) is 4.17. The molecule has 0 aliphatic carbocycles. The molecule has 154 valence electrons. The van der Waals surface area contributed by atoms with Gasteiger partial charge in [0.25, 0.3) is 0 Å². The van der Waals surface area contributed by atoms with Gasteiger partial charge in [0.15, 0.2) is 5.82 Å². The topological polar surface area (TPSA) is 71.0 Å². The van der Waals surface area contributed by atoms with Crippen molar-refractivity contribution in [2.24, 2.45) is 0 Å². The van der Waals surface area contributed by atoms with Crippen LogP contribution in [0.4, 0.5) is 11.5 Å². The summed E-state index contributed by atoms with van der Waals surface area (Å²) in [7, 11) is 1.87. The molecule has 6 nitrogen and oxygen atoms in total. The monoisotopic (exact) mass is 427 g/mol. The Morgan fingerprint density at radius 1 is 1.06 bits per heavy atom. The zero-order valence-electron chi connectivity index (χ0n) is 17.3.